The van der Waals surface area contributed by atoms with E-state index in [4.69, 9.17) is 4.74 Å². The van der Waals surface area contributed by atoms with Crippen LogP contribution in [-0.2, 0) is 4.74 Å². The minimum atomic E-state index is -1.08. The van der Waals surface area contributed by atoms with Crippen molar-refractivity contribution >= 4 is 11.7 Å². The van der Waals surface area contributed by atoms with Crippen LogP contribution in [0.2, 0.25) is 0 Å². The Labute approximate surface area is 128 Å². The van der Waals surface area contributed by atoms with Crippen LogP contribution in [-0.4, -0.2) is 46.8 Å². The fraction of sp³-hybridized carbons (Fsp3) is 0.400. The number of ether oxygens (including phenoxy) is 1. The van der Waals surface area contributed by atoms with E-state index in [2.05, 4.69) is 10.3 Å². The second kappa shape index (κ2) is 5.76. The van der Waals surface area contributed by atoms with Gasteiger partial charge in [0, 0.05) is 26.4 Å². The van der Waals surface area contributed by atoms with Gasteiger partial charge in [-0.1, -0.05) is 5.21 Å². The molecular weight excluding hydrogens is 284 g/mol. The zero-order valence-corrected chi connectivity index (χ0v) is 12.6. The summed E-state index contributed by atoms with van der Waals surface area (Å²) in [6, 6.07) is 7.70. The van der Waals surface area contributed by atoms with E-state index >= 15 is 0 Å². The Kier molecular flexibility index (Phi) is 3.81. The van der Waals surface area contributed by atoms with Crippen molar-refractivity contribution in [3.05, 3.63) is 35.7 Å². The first-order valence-electron chi connectivity index (χ1n) is 7.16. The van der Waals surface area contributed by atoms with Gasteiger partial charge in [0.2, 0.25) is 0 Å². The van der Waals surface area contributed by atoms with Crippen LogP contribution in [0, 0.1) is 0 Å². The first kappa shape index (κ1) is 14.5. The first-order valence-corrected chi connectivity index (χ1v) is 7.16. The van der Waals surface area contributed by atoms with Crippen LogP contribution < -0.4 is 4.90 Å². The maximum Gasteiger partial charge on any atom is 0.358 e. The molecule has 1 N–H and O–H groups in total. The maximum atomic E-state index is 11.4. The second-order valence-corrected chi connectivity index (χ2v) is 5.45. The molecule has 0 aliphatic carbocycles. The molecule has 2 aromatic rings. The minimum Gasteiger partial charge on any atom is -0.476 e. The molecular formula is C15H18N4O3. The zero-order valence-electron chi connectivity index (χ0n) is 12.6. The van der Waals surface area contributed by atoms with Gasteiger partial charge in [0.1, 0.15) is 11.8 Å². The van der Waals surface area contributed by atoms with Crippen molar-refractivity contribution in [1.82, 2.24) is 15.0 Å². The molecule has 0 spiro atoms. The van der Waals surface area contributed by atoms with Crippen LogP contribution in [0.3, 0.4) is 0 Å². The molecule has 1 atom stereocenters. The Morgan fingerprint density at radius 1 is 1.36 bits per heavy atom. The number of hydrogen-bond donors (Lipinski definition) is 1. The smallest absolute Gasteiger partial charge is 0.358 e. The van der Waals surface area contributed by atoms with Crippen molar-refractivity contribution in [3.8, 4) is 5.69 Å². The zero-order chi connectivity index (χ0) is 15.7. The van der Waals surface area contributed by atoms with Crippen LogP contribution in [0.15, 0.2) is 24.3 Å². The molecule has 1 unspecified atom stereocenters. The van der Waals surface area contributed by atoms with Gasteiger partial charge in [-0.3, -0.25) is 0 Å². The largest absolute Gasteiger partial charge is 0.476 e. The lowest BCUT2D eigenvalue weighted by Crippen LogP contribution is -2.12. The van der Waals surface area contributed by atoms with Gasteiger partial charge in [-0.2, -0.15) is 0 Å². The van der Waals surface area contributed by atoms with E-state index in [9.17, 15) is 9.90 Å². The number of hydrogen-bond acceptors (Lipinski definition) is 5. The maximum absolute atomic E-state index is 11.4. The van der Waals surface area contributed by atoms with Crippen molar-refractivity contribution in [2.24, 2.45) is 0 Å². The molecule has 1 aromatic heterocycles. The molecule has 0 saturated carbocycles. The number of aromatic nitrogens is 3. The Hall–Kier alpha value is -2.41. The Bertz CT molecular complexity index is 673. The van der Waals surface area contributed by atoms with Gasteiger partial charge in [0.25, 0.3) is 0 Å². The quantitative estimate of drug-likeness (QED) is 0.929. The van der Waals surface area contributed by atoms with E-state index in [1.807, 2.05) is 43.3 Å². The van der Waals surface area contributed by atoms with Gasteiger partial charge >= 0.3 is 5.97 Å². The molecule has 1 fully saturated rings. The Morgan fingerprint density at radius 2 is 2.09 bits per heavy atom. The molecule has 7 heteroatoms. The van der Waals surface area contributed by atoms with E-state index in [1.54, 1.807) is 4.68 Å². The highest BCUT2D eigenvalue weighted by atomic mass is 16.5. The van der Waals surface area contributed by atoms with Gasteiger partial charge in [-0.25, -0.2) is 9.48 Å². The van der Waals surface area contributed by atoms with E-state index in [-0.39, 0.29) is 11.8 Å². The van der Waals surface area contributed by atoms with Crippen molar-refractivity contribution in [1.29, 1.82) is 0 Å². The molecule has 3 rings (SSSR count). The van der Waals surface area contributed by atoms with Crippen molar-refractivity contribution in [2.75, 3.05) is 25.6 Å². The van der Waals surface area contributed by atoms with Crippen LogP contribution in [0.5, 0.6) is 0 Å². The van der Waals surface area contributed by atoms with Gasteiger partial charge in [-0.15, -0.1) is 5.10 Å². The molecule has 0 radical (unpaired) electrons. The lowest BCUT2D eigenvalue weighted by molar-refractivity contribution is 0.0673. The summed E-state index contributed by atoms with van der Waals surface area (Å²) in [7, 11) is 3.93. The normalized spacial score (nSPS) is 17.6. The lowest BCUT2D eigenvalue weighted by Gasteiger charge is -2.15. The molecule has 1 aromatic carbocycles. The highest BCUT2D eigenvalue weighted by Crippen LogP contribution is 2.31. The summed E-state index contributed by atoms with van der Waals surface area (Å²) in [4.78, 5) is 13.4. The third-order valence-electron chi connectivity index (χ3n) is 3.75. The summed E-state index contributed by atoms with van der Waals surface area (Å²) in [6.07, 6.45) is 1.42. The molecule has 0 amide bonds. The van der Waals surface area contributed by atoms with E-state index in [0.717, 1.165) is 24.2 Å². The highest BCUT2D eigenvalue weighted by molar-refractivity contribution is 5.86. The summed E-state index contributed by atoms with van der Waals surface area (Å²) in [6.45, 7) is 0.633. The number of carbonyl (C=O) groups is 1. The van der Waals surface area contributed by atoms with Gasteiger partial charge in [0.05, 0.1) is 5.69 Å². The molecule has 7 nitrogen and oxygen atoms in total. The van der Waals surface area contributed by atoms with Crippen molar-refractivity contribution in [2.45, 2.75) is 18.9 Å². The Balaban J connectivity index is 2.04. The number of carboxylic acids is 1. The second-order valence-electron chi connectivity index (χ2n) is 5.45. The molecule has 0 bridgehead atoms. The number of benzene rings is 1. The summed E-state index contributed by atoms with van der Waals surface area (Å²) in [5.74, 6) is -1.08. The first-order chi connectivity index (χ1) is 10.6. The van der Waals surface area contributed by atoms with Gasteiger partial charge < -0.3 is 14.7 Å². The standard InChI is InChI=1S/C15H18N4O3/c1-18(2)10-5-7-11(8-6-10)19-14(12-4-3-9-22-12)13(15(20)21)16-17-19/h5-8,12H,3-4,9H2,1-2H3,(H,20,21). The number of rotatable bonds is 4. The van der Waals surface area contributed by atoms with Crippen LogP contribution >= 0.6 is 0 Å². The minimum absolute atomic E-state index is 0.0383. The monoisotopic (exact) mass is 302 g/mol. The summed E-state index contributed by atoms with van der Waals surface area (Å²) in [5.41, 5.74) is 2.31. The predicted octanol–water partition coefficient (Wildman–Crippen LogP) is 1.88. The number of anilines is 1. The summed E-state index contributed by atoms with van der Waals surface area (Å²) in [5, 5.41) is 17.2. The van der Waals surface area contributed by atoms with Gasteiger partial charge in [0.15, 0.2) is 5.69 Å². The average Bonchev–Trinajstić information content (AvgIpc) is 3.16. The SMILES string of the molecule is CN(C)c1ccc(-n2nnc(C(=O)O)c2C2CCCO2)cc1. The van der Waals surface area contributed by atoms with Gasteiger partial charge in [-0.05, 0) is 37.1 Å². The Morgan fingerprint density at radius 3 is 2.64 bits per heavy atom. The molecule has 1 aliphatic heterocycles. The van der Waals surface area contributed by atoms with Crippen molar-refractivity contribution in [3.63, 3.8) is 0 Å². The summed E-state index contributed by atoms with van der Waals surface area (Å²) >= 11 is 0. The molecule has 1 saturated heterocycles. The van der Waals surface area contributed by atoms with E-state index < -0.39 is 5.97 Å². The van der Waals surface area contributed by atoms with E-state index in [1.165, 1.54) is 0 Å². The van der Waals surface area contributed by atoms with Crippen molar-refractivity contribution < 1.29 is 14.6 Å². The number of nitrogens with zero attached hydrogens (tertiary/aromatic N) is 4. The highest BCUT2D eigenvalue weighted by Gasteiger charge is 2.30. The predicted molar refractivity (Wildman–Crippen MR) is 80.6 cm³/mol. The van der Waals surface area contributed by atoms with Crippen LogP contribution in [0.25, 0.3) is 5.69 Å². The third-order valence-corrected chi connectivity index (χ3v) is 3.75. The number of aromatic carboxylic acids is 1. The molecule has 22 heavy (non-hydrogen) atoms. The van der Waals surface area contributed by atoms with E-state index in [0.29, 0.717) is 12.3 Å². The molecule has 116 valence electrons. The molecule has 1 aliphatic rings. The average molecular weight is 302 g/mol. The fourth-order valence-corrected chi connectivity index (χ4v) is 2.61. The fourth-order valence-electron chi connectivity index (χ4n) is 2.61. The van der Waals surface area contributed by atoms with Crippen LogP contribution in [0.4, 0.5) is 5.69 Å². The molecule has 2 heterocycles. The van der Waals surface area contributed by atoms with Crippen LogP contribution in [0.1, 0.15) is 35.1 Å². The third kappa shape index (κ3) is 2.55. The number of carboxylic acid groups (broad SMARTS) is 1. The lowest BCUT2D eigenvalue weighted by atomic mass is 10.1. The topological polar surface area (TPSA) is 80.5 Å². The summed E-state index contributed by atoms with van der Waals surface area (Å²) < 4.78 is 7.21.